The van der Waals surface area contributed by atoms with Crippen LogP contribution in [0.25, 0.3) is 0 Å². The predicted octanol–water partition coefficient (Wildman–Crippen LogP) is 4.99. The average Bonchev–Trinajstić information content (AvgIpc) is 3.24. The van der Waals surface area contributed by atoms with Crippen LogP contribution in [0.5, 0.6) is 0 Å². The highest BCUT2D eigenvalue weighted by atomic mass is 16.7. The molecular weight excluding hydrogens is 774 g/mol. The number of aliphatic hydroxyl groups is 8. The van der Waals surface area contributed by atoms with Gasteiger partial charge in [-0.15, -0.1) is 0 Å². The van der Waals surface area contributed by atoms with E-state index in [1.54, 1.807) is 6.08 Å². The van der Waals surface area contributed by atoms with Crippen LogP contribution in [0.1, 0.15) is 168 Å². The van der Waals surface area contributed by atoms with Crippen molar-refractivity contribution in [1.29, 1.82) is 0 Å². The summed E-state index contributed by atoms with van der Waals surface area (Å²) in [6.07, 6.45) is 17.9. The van der Waals surface area contributed by atoms with Gasteiger partial charge in [0.25, 0.3) is 0 Å². The number of allylic oxidation sites excluding steroid dienone is 3. The van der Waals surface area contributed by atoms with Gasteiger partial charge in [0.15, 0.2) is 12.6 Å². The lowest BCUT2D eigenvalue weighted by molar-refractivity contribution is -0.359. The number of rotatable bonds is 35. The quantitative estimate of drug-likeness (QED) is 0.0303. The van der Waals surface area contributed by atoms with Crippen LogP contribution in [-0.4, -0.2) is 140 Å². The fourth-order valence-corrected chi connectivity index (χ4v) is 7.70. The van der Waals surface area contributed by atoms with Crippen LogP contribution in [0.2, 0.25) is 0 Å². The molecule has 0 aromatic carbocycles. The third kappa shape index (κ3) is 21.7. The lowest BCUT2D eigenvalue weighted by Gasteiger charge is -2.46. The van der Waals surface area contributed by atoms with Crippen LogP contribution in [0.4, 0.5) is 0 Å². The molecule has 12 atom stereocenters. The number of ether oxygens (including phenoxy) is 4. The molecule has 14 nitrogen and oxygen atoms in total. The maximum absolute atomic E-state index is 13.1. The van der Waals surface area contributed by atoms with Crippen molar-refractivity contribution >= 4 is 5.91 Å². The van der Waals surface area contributed by atoms with Crippen molar-refractivity contribution in [2.24, 2.45) is 0 Å². The molecule has 12 unspecified atom stereocenters. The number of nitrogens with one attached hydrogen (secondary N) is 1. The Morgan fingerprint density at radius 1 is 0.583 bits per heavy atom. The molecule has 2 rings (SSSR count). The minimum Gasteiger partial charge on any atom is -0.394 e. The zero-order valence-corrected chi connectivity index (χ0v) is 36.9. The van der Waals surface area contributed by atoms with Crippen molar-refractivity contribution in [1.82, 2.24) is 5.32 Å². The predicted molar refractivity (Wildman–Crippen MR) is 231 cm³/mol. The Morgan fingerprint density at radius 2 is 1.05 bits per heavy atom. The van der Waals surface area contributed by atoms with E-state index in [9.17, 15) is 45.6 Å². The SMILES string of the molecule is CCCCC/C=C\CCCCCCCC(=O)NC(COC1OC(CO)C(OC2OC(CO)C(O)C(O)C2O)C(O)C1O)C(O)/C=C/CCCCCCCCCCCCCC. The molecule has 0 bridgehead atoms. The third-order valence-corrected chi connectivity index (χ3v) is 11.6. The molecule has 0 aliphatic carbocycles. The van der Waals surface area contributed by atoms with Crippen molar-refractivity contribution in [2.45, 2.75) is 242 Å². The van der Waals surface area contributed by atoms with Gasteiger partial charge >= 0.3 is 0 Å². The second kappa shape index (κ2) is 34.0. The average molecular weight is 860 g/mol. The van der Waals surface area contributed by atoms with Gasteiger partial charge in [-0.25, -0.2) is 0 Å². The molecular formula is C46H85NO13. The number of aliphatic hydroxyl groups excluding tert-OH is 8. The fraction of sp³-hybridized carbons (Fsp3) is 0.891. The van der Waals surface area contributed by atoms with Gasteiger partial charge in [-0.1, -0.05) is 141 Å². The molecule has 352 valence electrons. The molecule has 2 aliphatic rings. The van der Waals surface area contributed by atoms with Crippen LogP contribution in [0, 0.1) is 0 Å². The molecule has 0 aromatic heterocycles. The monoisotopic (exact) mass is 860 g/mol. The summed E-state index contributed by atoms with van der Waals surface area (Å²) in [6.45, 7) is 2.73. The topological polar surface area (TPSA) is 228 Å². The van der Waals surface area contributed by atoms with Crippen LogP contribution in [0.3, 0.4) is 0 Å². The molecule has 2 saturated heterocycles. The standard InChI is InChI=1S/C46H85NO13/c1-3-5-7-9-11-13-15-17-18-19-21-23-25-27-29-35(50)34(47-38(51)30-28-26-24-22-20-16-14-12-10-8-6-4-2)33-57-45-43(56)41(54)44(37(32-49)59-45)60-46-42(55)40(53)39(52)36(31-48)58-46/h12,14,27,29,34-37,39-46,48-50,52-56H,3-11,13,15-26,28,30-33H2,1-2H3,(H,47,51)/b14-12-,29-27+. The zero-order chi connectivity index (χ0) is 44.0. The molecule has 0 spiro atoms. The summed E-state index contributed by atoms with van der Waals surface area (Å²) in [6, 6.07) is -0.913. The first-order valence-electron chi connectivity index (χ1n) is 23.6. The molecule has 2 heterocycles. The molecule has 60 heavy (non-hydrogen) atoms. The molecule has 0 radical (unpaired) electrons. The van der Waals surface area contributed by atoms with Gasteiger partial charge in [0.1, 0.15) is 48.8 Å². The highest BCUT2D eigenvalue weighted by Crippen LogP contribution is 2.30. The Balaban J connectivity index is 1.90. The van der Waals surface area contributed by atoms with E-state index in [2.05, 4.69) is 31.3 Å². The van der Waals surface area contributed by atoms with E-state index >= 15 is 0 Å². The lowest BCUT2D eigenvalue weighted by atomic mass is 9.97. The number of hydrogen-bond donors (Lipinski definition) is 9. The molecule has 14 heteroatoms. The molecule has 2 aliphatic heterocycles. The first-order chi connectivity index (χ1) is 29.1. The Morgan fingerprint density at radius 3 is 1.62 bits per heavy atom. The number of unbranched alkanes of at least 4 members (excludes halogenated alkanes) is 20. The highest BCUT2D eigenvalue weighted by Gasteiger charge is 2.50. The van der Waals surface area contributed by atoms with Gasteiger partial charge in [0, 0.05) is 6.42 Å². The Kier molecular flexibility index (Phi) is 30.9. The second-order valence-electron chi connectivity index (χ2n) is 16.9. The van der Waals surface area contributed by atoms with E-state index in [4.69, 9.17) is 18.9 Å². The summed E-state index contributed by atoms with van der Waals surface area (Å²) < 4.78 is 22.6. The second-order valence-corrected chi connectivity index (χ2v) is 16.9. The van der Waals surface area contributed by atoms with E-state index in [-0.39, 0.29) is 18.9 Å². The molecule has 0 aromatic rings. The first kappa shape index (κ1) is 54.6. The van der Waals surface area contributed by atoms with E-state index in [0.717, 1.165) is 57.8 Å². The van der Waals surface area contributed by atoms with E-state index in [1.165, 1.54) is 83.5 Å². The van der Waals surface area contributed by atoms with Gasteiger partial charge in [0.2, 0.25) is 5.91 Å². The van der Waals surface area contributed by atoms with Crippen molar-refractivity contribution in [3.63, 3.8) is 0 Å². The van der Waals surface area contributed by atoms with Gasteiger partial charge in [-0.05, 0) is 44.9 Å². The van der Waals surface area contributed by atoms with E-state index in [0.29, 0.717) is 6.42 Å². The zero-order valence-electron chi connectivity index (χ0n) is 36.9. The van der Waals surface area contributed by atoms with Gasteiger partial charge < -0.3 is 65.1 Å². The van der Waals surface area contributed by atoms with E-state index in [1.807, 2.05) is 6.08 Å². The van der Waals surface area contributed by atoms with Crippen molar-refractivity contribution in [3.05, 3.63) is 24.3 Å². The van der Waals surface area contributed by atoms with Gasteiger partial charge in [-0.2, -0.15) is 0 Å². The summed E-state index contributed by atoms with van der Waals surface area (Å²) in [5.41, 5.74) is 0. The molecule has 0 saturated carbocycles. The Hall–Kier alpha value is -1.53. The van der Waals surface area contributed by atoms with Crippen molar-refractivity contribution in [2.75, 3.05) is 19.8 Å². The largest absolute Gasteiger partial charge is 0.394 e. The Labute approximate surface area is 360 Å². The summed E-state index contributed by atoms with van der Waals surface area (Å²) in [7, 11) is 0. The first-order valence-corrected chi connectivity index (χ1v) is 23.6. The van der Waals surface area contributed by atoms with Crippen LogP contribution < -0.4 is 5.32 Å². The van der Waals surface area contributed by atoms with Crippen LogP contribution in [-0.2, 0) is 23.7 Å². The number of amides is 1. The highest BCUT2D eigenvalue weighted by molar-refractivity contribution is 5.76. The summed E-state index contributed by atoms with van der Waals surface area (Å²) in [4.78, 5) is 13.1. The van der Waals surface area contributed by atoms with Crippen LogP contribution >= 0.6 is 0 Å². The normalized spacial score (nSPS) is 28.4. The minimum atomic E-state index is -1.79. The van der Waals surface area contributed by atoms with E-state index < -0.39 is 86.8 Å². The molecule has 1 amide bonds. The Bertz CT molecular complexity index is 1110. The maximum atomic E-state index is 13.1. The number of hydrogen-bond acceptors (Lipinski definition) is 13. The molecule has 9 N–H and O–H groups in total. The summed E-state index contributed by atoms with van der Waals surface area (Å²) in [5, 5.41) is 86.5. The molecule has 2 fully saturated rings. The third-order valence-electron chi connectivity index (χ3n) is 11.6. The maximum Gasteiger partial charge on any atom is 0.220 e. The number of carbonyl (C=O) groups is 1. The van der Waals surface area contributed by atoms with Gasteiger partial charge in [0.05, 0.1) is 32.0 Å². The summed E-state index contributed by atoms with van der Waals surface area (Å²) in [5.74, 6) is -0.251. The number of carbonyl (C=O) groups excluding carboxylic acids is 1. The van der Waals surface area contributed by atoms with Crippen molar-refractivity contribution in [3.8, 4) is 0 Å². The summed E-state index contributed by atoms with van der Waals surface area (Å²) >= 11 is 0. The van der Waals surface area contributed by atoms with Gasteiger partial charge in [-0.3, -0.25) is 4.79 Å². The van der Waals surface area contributed by atoms with Crippen molar-refractivity contribution < 1.29 is 64.6 Å². The van der Waals surface area contributed by atoms with Crippen LogP contribution in [0.15, 0.2) is 24.3 Å². The minimum absolute atomic E-state index is 0.251. The fourth-order valence-electron chi connectivity index (χ4n) is 7.70. The lowest BCUT2D eigenvalue weighted by Crippen LogP contribution is -2.65. The smallest absolute Gasteiger partial charge is 0.220 e.